The standard InChI is InChI=1S/C15H19NO/c17-15(14-9-4-10-16-14)13-8-2-1-7-12(13)11-5-3-6-11/h1-2,7-8,11,14,16H,3-6,9-10H2. The molecular formula is C15H19NO. The topological polar surface area (TPSA) is 29.1 Å². The molecule has 0 amide bonds. The van der Waals surface area contributed by atoms with Crippen LogP contribution in [0.2, 0.25) is 0 Å². The van der Waals surface area contributed by atoms with Crippen molar-refractivity contribution < 1.29 is 4.79 Å². The Labute approximate surface area is 102 Å². The van der Waals surface area contributed by atoms with Crippen molar-refractivity contribution in [2.75, 3.05) is 6.54 Å². The molecule has 1 saturated heterocycles. The van der Waals surface area contributed by atoms with Crippen LogP contribution in [0.1, 0.15) is 53.9 Å². The third kappa shape index (κ3) is 2.02. The van der Waals surface area contributed by atoms with Crippen LogP contribution in [-0.2, 0) is 0 Å². The van der Waals surface area contributed by atoms with Gasteiger partial charge in [0.25, 0.3) is 0 Å². The van der Waals surface area contributed by atoms with Crippen LogP contribution >= 0.6 is 0 Å². The number of rotatable bonds is 3. The van der Waals surface area contributed by atoms with Gasteiger partial charge in [-0.25, -0.2) is 0 Å². The summed E-state index contributed by atoms with van der Waals surface area (Å²) in [4.78, 5) is 12.4. The minimum atomic E-state index is 0.0660. The lowest BCUT2D eigenvalue weighted by Crippen LogP contribution is -2.32. The third-order valence-corrected chi connectivity index (χ3v) is 4.15. The molecule has 1 aliphatic carbocycles. The molecule has 0 aromatic heterocycles. The molecule has 90 valence electrons. The normalized spacial score (nSPS) is 24.6. The highest BCUT2D eigenvalue weighted by Gasteiger charge is 2.28. The van der Waals surface area contributed by atoms with Crippen LogP contribution in [0.25, 0.3) is 0 Å². The number of ketones is 1. The maximum absolute atomic E-state index is 12.4. The van der Waals surface area contributed by atoms with E-state index < -0.39 is 0 Å². The van der Waals surface area contributed by atoms with Crippen molar-refractivity contribution in [2.24, 2.45) is 0 Å². The molecular weight excluding hydrogens is 210 g/mol. The summed E-state index contributed by atoms with van der Waals surface area (Å²) in [7, 11) is 0. The van der Waals surface area contributed by atoms with Gasteiger partial charge in [-0.1, -0.05) is 30.7 Å². The number of hydrogen-bond acceptors (Lipinski definition) is 2. The van der Waals surface area contributed by atoms with Gasteiger partial charge in [-0.3, -0.25) is 4.79 Å². The minimum absolute atomic E-state index is 0.0660. The van der Waals surface area contributed by atoms with Crippen molar-refractivity contribution in [3.05, 3.63) is 35.4 Å². The summed E-state index contributed by atoms with van der Waals surface area (Å²) >= 11 is 0. The van der Waals surface area contributed by atoms with Crippen molar-refractivity contribution in [3.8, 4) is 0 Å². The van der Waals surface area contributed by atoms with E-state index in [0.29, 0.717) is 11.7 Å². The van der Waals surface area contributed by atoms with E-state index in [-0.39, 0.29) is 6.04 Å². The monoisotopic (exact) mass is 229 g/mol. The maximum atomic E-state index is 12.4. The van der Waals surface area contributed by atoms with Crippen LogP contribution in [0.5, 0.6) is 0 Å². The average Bonchev–Trinajstić information content (AvgIpc) is 2.80. The highest BCUT2D eigenvalue weighted by molar-refractivity contribution is 6.01. The Bertz CT molecular complexity index is 417. The van der Waals surface area contributed by atoms with E-state index in [0.717, 1.165) is 24.9 Å². The molecule has 0 bridgehead atoms. The Hall–Kier alpha value is -1.15. The zero-order valence-corrected chi connectivity index (χ0v) is 10.1. The summed E-state index contributed by atoms with van der Waals surface area (Å²) in [6, 6.07) is 8.27. The fourth-order valence-corrected chi connectivity index (χ4v) is 2.89. The second-order valence-corrected chi connectivity index (χ2v) is 5.23. The first-order valence-electron chi connectivity index (χ1n) is 6.73. The summed E-state index contributed by atoms with van der Waals surface area (Å²) in [5, 5.41) is 3.31. The molecule has 1 atom stereocenters. The van der Waals surface area contributed by atoms with E-state index in [9.17, 15) is 4.79 Å². The number of nitrogens with one attached hydrogen (secondary N) is 1. The van der Waals surface area contributed by atoms with E-state index in [2.05, 4.69) is 17.4 Å². The lowest BCUT2D eigenvalue weighted by Gasteiger charge is -2.28. The largest absolute Gasteiger partial charge is 0.307 e. The van der Waals surface area contributed by atoms with Gasteiger partial charge in [0.2, 0.25) is 0 Å². The Morgan fingerprint density at radius 2 is 1.94 bits per heavy atom. The molecule has 2 nitrogen and oxygen atoms in total. The highest BCUT2D eigenvalue weighted by Crippen LogP contribution is 2.38. The molecule has 1 aliphatic heterocycles. The van der Waals surface area contributed by atoms with Gasteiger partial charge in [-0.15, -0.1) is 0 Å². The number of carbonyl (C=O) groups excluding carboxylic acids is 1. The van der Waals surface area contributed by atoms with Crippen LogP contribution in [-0.4, -0.2) is 18.4 Å². The van der Waals surface area contributed by atoms with E-state index in [1.54, 1.807) is 0 Å². The Kier molecular flexibility index (Phi) is 2.98. The minimum Gasteiger partial charge on any atom is -0.307 e. The van der Waals surface area contributed by atoms with Crippen LogP contribution in [0, 0.1) is 0 Å². The number of Topliss-reactive ketones (excluding diaryl/α,β-unsaturated/α-hetero) is 1. The van der Waals surface area contributed by atoms with Gasteiger partial charge in [0, 0.05) is 5.56 Å². The van der Waals surface area contributed by atoms with Crippen LogP contribution in [0.15, 0.2) is 24.3 Å². The SMILES string of the molecule is O=C(c1ccccc1C1CCC1)C1CCCN1. The molecule has 2 aliphatic rings. The molecule has 1 aromatic carbocycles. The zero-order valence-electron chi connectivity index (χ0n) is 10.1. The van der Waals surface area contributed by atoms with Crippen molar-refractivity contribution in [3.63, 3.8) is 0 Å². The van der Waals surface area contributed by atoms with E-state index in [4.69, 9.17) is 0 Å². The van der Waals surface area contributed by atoms with Gasteiger partial charge in [0.05, 0.1) is 6.04 Å². The summed E-state index contributed by atoms with van der Waals surface area (Å²) in [6.07, 6.45) is 5.94. The van der Waals surface area contributed by atoms with Crippen molar-refractivity contribution in [1.82, 2.24) is 5.32 Å². The fraction of sp³-hybridized carbons (Fsp3) is 0.533. The molecule has 1 N–H and O–H groups in total. The van der Waals surface area contributed by atoms with Crippen LogP contribution in [0.3, 0.4) is 0 Å². The van der Waals surface area contributed by atoms with Gasteiger partial charge in [0.1, 0.15) is 0 Å². The predicted molar refractivity (Wildman–Crippen MR) is 68.4 cm³/mol. The number of benzene rings is 1. The zero-order chi connectivity index (χ0) is 11.7. The van der Waals surface area contributed by atoms with Gasteiger partial charge in [-0.2, -0.15) is 0 Å². The fourth-order valence-electron chi connectivity index (χ4n) is 2.89. The average molecular weight is 229 g/mol. The van der Waals surface area contributed by atoms with Crippen molar-refractivity contribution in [1.29, 1.82) is 0 Å². The molecule has 1 saturated carbocycles. The van der Waals surface area contributed by atoms with E-state index in [1.165, 1.54) is 24.8 Å². The predicted octanol–water partition coefficient (Wildman–Crippen LogP) is 2.89. The maximum Gasteiger partial charge on any atom is 0.180 e. The first-order valence-corrected chi connectivity index (χ1v) is 6.73. The molecule has 2 heteroatoms. The lowest BCUT2D eigenvalue weighted by molar-refractivity contribution is 0.0950. The van der Waals surface area contributed by atoms with Gasteiger partial charge in [0.15, 0.2) is 5.78 Å². The van der Waals surface area contributed by atoms with Crippen LogP contribution in [0.4, 0.5) is 0 Å². The number of carbonyl (C=O) groups is 1. The molecule has 1 unspecified atom stereocenters. The Morgan fingerprint density at radius 1 is 1.12 bits per heavy atom. The quantitative estimate of drug-likeness (QED) is 0.807. The summed E-state index contributed by atoms with van der Waals surface area (Å²) < 4.78 is 0. The van der Waals surface area contributed by atoms with E-state index >= 15 is 0 Å². The molecule has 1 heterocycles. The highest BCUT2D eigenvalue weighted by atomic mass is 16.1. The molecule has 0 radical (unpaired) electrons. The van der Waals surface area contributed by atoms with Gasteiger partial charge < -0.3 is 5.32 Å². The van der Waals surface area contributed by atoms with Gasteiger partial charge in [-0.05, 0) is 43.7 Å². The summed E-state index contributed by atoms with van der Waals surface area (Å²) in [6.45, 7) is 0.988. The number of hydrogen-bond donors (Lipinski definition) is 1. The summed E-state index contributed by atoms with van der Waals surface area (Å²) in [5.74, 6) is 0.946. The summed E-state index contributed by atoms with van der Waals surface area (Å²) in [5.41, 5.74) is 2.26. The molecule has 1 aromatic rings. The Morgan fingerprint density at radius 3 is 2.59 bits per heavy atom. The third-order valence-electron chi connectivity index (χ3n) is 4.15. The molecule has 3 rings (SSSR count). The second-order valence-electron chi connectivity index (χ2n) is 5.23. The Balaban J connectivity index is 1.87. The van der Waals surface area contributed by atoms with E-state index in [1.807, 2.05) is 12.1 Å². The second kappa shape index (κ2) is 4.61. The molecule has 0 spiro atoms. The lowest BCUT2D eigenvalue weighted by atomic mass is 9.77. The first-order chi connectivity index (χ1) is 8.36. The first kappa shape index (κ1) is 11.0. The molecule has 17 heavy (non-hydrogen) atoms. The van der Waals surface area contributed by atoms with Gasteiger partial charge >= 0.3 is 0 Å². The van der Waals surface area contributed by atoms with Crippen molar-refractivity contribution in [2.45, 2.75) is 44.1 Å². The van der Waals surface area contributed by atoms with Crippen molar-refractivity contribution >= 4 is 5.78 Å². The molecule has 2 fully saturated rings. The smallest absolute Gasteiger partial charge is 0.180 e. The van der Waals surface area contributed by atoms with Crippen LogP contribution < -0.4 is 5.32 Å².